The summed E-state index contributed by atoms with van der Waals surface area (Å²) >= 11 is 5.92. The Morgan fingerprint density at radius 2 is 1.94 bits per heavy atom. The molecule has 3 aromatic rings. The van der Waals surface area contributed by atoms with Crippen molar-refractivity contribution in [1.82, 2.24) is 8.87 Å². The third kappa shape index (κ3) is 4.91. The Morgan fingerprint density at radius 1 is 1.18 bits per heavy atom. The van der Waals surface area contributed by atoms with Gasteiger partial charge < -0.3 is 19.2 Å². The molecule has 1 aliphatic rings. The predicted octanol–water partition coefficient (Wildman–Crippen LogP) is 2.31. The van der Waals surface area contributed by atoms with Gasteiger partial charge in [-0.1, -0.05) is 11.6 Å². The first-order valence-corrected chi connectivity index (χ1v) is 12.0. The minimum absolute atomic E-state index is 0.0330. The number of fused-ring (bicyclic) bond motifs is 1. The molecule has 1 saturated heterocycles. The highest BCUT2D eigenvalue weighted by atomic mass is 35.5. The van der Waals surface area contributed by atoms with Gasteiger partial charge in [0.15, 0.2) is 5.58 Å². The van der Waals surface area contributed by atoms with Gasteiger partial charge in [-0.2, -0.15) is 4.31 Å². The quantitative estimate of drug-likeness (QED) is 0.534. The van der Waals surface area contributed by atoms with Gasteiger partial charge in [0.1, 0.15) is 10.6 Å². The lowest BCUT2D eigenvalue weighted by Crippen LogP contribution is -2.40. The number of morpholine rings is 1. The molecular formula is C21H22ClN3O7S. The average Bonchev–Trinajstić information content (AvgIpc) is 3.12. The standard InChI is InChI=1S/C21H22ClN3O7S/c1-30-17-5-3-15(13-19(17)33(28,29)24-8-10-31-11-9-24)23-20(26)6-7-25-16-4-2-14(22)12-18(16)32-21(25)27/h2-5,12-13H,6-11H2,1H3,(H,23,26). The first-order valence-electron chi connectivity index (χ1n) is 10.1. The van der Waals surface area contributed by atoms with E-state index in [1.165, 1.54) is 34.2 Å². The van der Waals surface area contributed by atoms with Gasteiger partial charge in [-0.15, -0.1) is 0 Å². The van der Waals surface area contributed by atoms with Crippen LogP contribution in [0.25, 0.3) is 11.1 Å². The van der Waals surface area contributed by atoms with Crippen LogP contribution in [-0.2, 0) is 26.1 Å². The molecule has 12 heteroatoms. The Balaban J connectivity index is 1.50. The summed E-state index contributed by atoms with van der Waals surface area (Å²) in [7, 11) is -2.45. The molecule has 0 radical (unpaired) electrons. The summed E-state index contributed by atoms with van der Waals surface area (Å²) in [5, 5.41) is 3.11. The van der Waals surface area contributed by atoms with Crippen LogP contribution in [0.5, 0.6) is 5.75 Å². The Hall–Kier alpha value is -2.86. The predicted molar refractivity (Wildman–Crippen MR) is 121 cm³/mol. The zero-order valence-electron chi connectivity index (χ0n) is 17.7. The van der Waals surface area contributed by atoms with Crippen LogP contribution in [0.4, 0.5) is 5.69 Å². The van der Waals surface area contributed by atoms with Gasteiger partial charge in [0, 0.05) is 42.8 Å². The van der Waals surface area contributed by atoms with Gasteiger partial charge in [-0.25, -0.2) is 13.2 Å². The van der Waals surface area contributed by atoms with E-state index in [1.54, 1.807) is 18.2 Å². The lowest BCUT2D eigenvalue weighted by Gasteiger charge is -2.26. The molecule has 1 fully saturated rings. The summed E-state index contributed by atoms with van der Waals surface area (Å²) in [6.07, 6.45) is -0.0330. The smallest absolute Gasteiger partial charge is 0.419 e. The minimum Gasteiger partial charge on any atom is -0.495 e. The van der Waals surface area contributed by atoms with Gasteiger partial charge in [-0.05, 0) is 30.3 Å². The van der Waals surface area contributed by atoms with Gasteiger partial charge >= 0.3 is 5.76 Å². The zero-order valence-corrected chi connectivity index (χ0v) is 19.3. The van der Waals surface area contributed by atoms with E-state index >= 15 is 0 Å². The highest BCUT2D eigenvalue weighted by molar-refractivity contribution is 7.89. The molecule has 4 rings (SSSR count). The first kappa shape index (κ1) is 23.3. The molecule has 1 aromatic heterocycles. The van der Waals surface area contributed by atoms with Crippen LogP contribution >= 0.6 is 11.6 Å². The lowest BCUT2D eigenvalue weighted by atomic mass is 10.2. The molecule has 33 heavy (non-hydrogen) atoms. The maximum absolute atomic E-state index is 13.1. The van der Waals surface area contributed by atoms with Crippen molar-refractivity contribution in [3.8, 4) is 5.75 Å². The number of carbonyl (C=O) groups excluding carboxylic acids is 1. The fraction of sp³-hybridized carbons (Fsp3) is 0.333. The Labute approximate surface area is 194 Å². The fourth-order valence-electron chi connectivity index (χ4n) is 3.57. The molecule has 1 aliphatic heterocycles. The van der Waals surface area contributed by atoms with E-state index in [1.807, 2.05) is 0 Å². The number of aromatic nitrogens is 1. The van der Waals surface area contributed by atoms with E-state index < -0.39 is 21.7 Å². The summed E-state index contributed by atoms with van der Waals surface area (Å²) in [4.78, 5) is 24.6. The average molecular weight is 496 g/mol. The van der Waals surface area contributed by atoms with Crippen LogP contribution in [0.2, 0.25) is 5.02 Å². The Kier molecular flexibility index (Phi) is 6.75. The molecule has 0 spiro atoms. The number of anilines is 1. The second-order valence-corrected chi connectivity index (χ2v) is 9.65. The number of amides is 1. The van der Waals surface area contributed by atoms with Crippen molar-refractivity contribution in [3.63, 3.8) is 0 Å². The van der Waals surface area contributed by atoms with E-state index in [9.17, 15) is 18.0 Å². The molecule has 0 unspecified atom stereocenters. The number of carbonyl (C=O) groups is 1. The first-order chi connectivity index (χ1) is 15.8. The van der Waals surface area contributed by atoms with Crippen LogP contribution in [0, 0.1) is 0 Å². The van der Waals surface area contributed by atoms with Crippen molar-refractivity contribution >= 4 is 44.3 Å². The second-order valence-electron chi connectivity index (χ2n) is 7.31. The number of methoxy groups -OCH3 is 1. The molecular weight excluding hydrogens is 474 g/mol. The zero-order chi connectivity index (χ0) is 23.6. The molecule has 1 amide bonds. The summed E-state index contributed by atoms with van der Waals surface area (Å²) in [6, 6.07) is 9.21. The number of sulfonamides is 1. The number of benzene rings is 2. The van der Waals surface area contributed by atoms with E-state index in [0.717, 1.165) is 0 Å². The monoisotopic (exact) mass is 495 g/mol. The number of nitrogens with zero attached hydrogens (tertiary/aromatic N) is 2. The van der Waals surface area contributed by atoms with Crippen molar-refractivity contribution in [2.24, 2.45) is 0 Å². The van der Waals surface area contributed by atoms with Gasteiger partial charge in [0.25, 0.3) is 0 Å². The number of aryl methyl sites for hydroxylation is 1. The normalized spacial score (nSPS) is 15.0. The lowest BCUT2D eigenvalue weighted by molar-refractivity contribution is -0.116. The number of hydrogen-bond donors (Lipinski definition) is 1. The molecule has 0 aliphatic carbocycles. The van der Waals surface area contributed by atoms with E-state index in [4.69, 9.17) is 25.5 Å². The molecule has 2 aromatic carbocycles. The topological polar surface area (TPSA) is 120 Å². The van der Waals surface area contributed by atoms with Crippen molar-refractivity contribution in [1.29, 1.82) is 0 Å². The van der Waals surface area contributed by atoms with Crippen LogP contribution < -0.4 is 15.8 Å². The Bertz CT molecular complexity index is 1340. The molecule has 1 N–H and O–H groups in total. The number of ether oxygens (including phenoxy) is 2. The number of hydrogen-bond acceptors (Lipinski definition) is 7. The number of rotatable bonds is 7. The Morgan fingerprint density at radius 3 is 2.67 bits per heavy atom. The van der Waals surface area contributed by atoms with Gasteiger partial charge in [0.05, 0.1) is 25.8 Å². The molecule has 176 valence electrons. The summed E-state index contributed by atoms with van der Waals surface area (Å²) < 4.78 is 44.5. The summed E-state index contributed by atoms with van der Waals surface area (Å²) in [5.74, 6) is -0.817. The van der Waals surface area contributed by atoms with Crippen molar-refractivity contribution < 1.29 is 27.1 Å². The van der Waals surface area contributed by atoms with Crippen molar-refractivity contribution in [2.45, 2.75) is 17.9 Å². The molecule has 0 atom stereocenters. The summed E-state index contributed by atoms with van der Waals surface area (Å²) in [5.41, 5.74) is 1.16. The van der Waals surface area contributed by atoms with Crippen LogP contribution in [0.3, 0.4) is 0 Å². The van der Waals surface area contributed by atoms with Crippen LogP contribution in [0.1, 0.15) is 6.42 Å². The van der Waals surface area contributed by atoms with Crippen LogP contribution in [0.15, 0.2) is 50.5 Å². The SMILES string of the molecule is COc1ccc(NC(=O)CCn2c(=O)oc3cc(Cl)ccc32)cc1S(=O)(=O)N1CCOCC1. The largest absolute Gasteiger partial charge is 0.495 e. The third-order valence-corrected chi connectivity index (χ3v) is 7.38. The highest BCUT2D eigenvalue weighted by Gasteiger charge is 2.29. The van der Waals surface area contributed by atoms with Crippen molar-refractivity contribution in [3.05, 3.63) is 52.0 Å². The maximum Gasteiger partial charge on any atom is 0.419 e. The highest BCUT2D eigenvalue weighted by Crippen LogP contribution is 2.30. The molecule has 0 bridgehead atoms. The molecule has 0 saturated carbocycles. The minimum atomic E-state index is -3.84. The number of oxazole rings is 1. The van der Waals surface area contributed by atoms with Gasteiger partial charge in [0.2, 0.25) is 15.9 Å². The fourth-order valence-corrected chi connectivity index (χ4v) is 5.32. The number of nitrogens with one attached hydrogen (secondary N) is 1. The van der Waals surface area contributed by atoms with E-state index in [0.29, 0.717) is 35.0 Å². The second kappa shape index (κ2) is 9.56. The molecule has 10 nitrogen and oxygen atoms in total. The van der Waals surface area contributed by atoms with E-state index in [-0.39, 0.29) is 36.7 Å². The molecule has 2 heterocycles. The maximum atomic E-state index is 13.1. The number of halogens is 1. The van der Waals surface area contributed by atoms with Gasteiger partial charge in [-0.3, -0.25) is 9.36 Å². The third-order valence-electron chi connectivity index (χ3n) is 5.23. The van der Waals surface area contributed by atoms with Crippen molar-refractivity contribution in [2.75, 3.05) is 38.7 Å². The van der Waals surface area contributed by atoms with E-state index in [2.05, 4.69) is 5.32 Å². The van der Waals surface area contributed by atoms with Crippen LogP contribution in [-0.4, -0.2) is 56.6 Å². The summed E-state index contributed by atoms with van der Waals surface area (Å²) in [6.45, 7) is 1.17.